The van der Waals surface area contributed by atoms with Crippen LogP contribution < -0.4 is 10.6 Å². The number of benzene rings is 2. The molecule has 2 N–H and O–H groups in total. The molecule has 2 heterocycles. The van der Waals surface area contributed by atoms with E-state index in [1.165, 1.54) is 5.56 Å². The molecule has 32 heavy (non-hydrogen) atoms. The highest BCUT2D eigenvalue weighted by atomic mass is 16.2. The van der Waals surface area contributed by atoms with Crippen LogP contribution in [0, 0.1) is 6.92 Å². The molecule has 0 spiro atoms. The fraction of sp³-hybridized carbons (Fsp3) is 0.154. The van der Waals surface area contributed by atoms with Gasteiger partial charge in [-0.05, 0) is 72.4 Å². The summed E-state index contributed by atoms with van der Waals surface area (Å²) in [6, 6.07) is 21.0. The first-order valence-corrected chi connectivity index (χ1v) is 10.5. The molecule has 2 aromatic carbocycles. The Labute approximate surface area is 186 Å². The van der Waals surface area contributed by atoms with Crippen molar-refractivity contribution < 1.29 is 9.59 Å². The third-order valence-corrected chi connectivity index (χ3v) is 5.50. The average Bonchev–Trinajstić information content (AvgIpc) is 2.80. The number of amides is 2. The zero-order valence-electron chi connectivity index (χ0n) is 18.0. The van der Waals surface area contributed by atoms with E-state index >= 15 is 0 Å². The van der Waals surface area contributed by atoms with Gasteiger partial charge in [0.2, 0.25) is 6.41 Å². The number of fused-ring (bicyclic) bond motifs is 1. The molecule has 160 valence electrons. The quantitative estimate of drug-likeness (QED) is 0.404. The van der Waals surface area contributed by atoms with Crippen molar-refractivity contribution in [3.05, 3.63) is 95.3 Å². The van der Waals surface area contributed by atoms with Crippen molar-refractivity contribution >= 4 is 34.7 Å². The van der Waals surface area contributed by atoms with E-state index in [1.54, 1.807) is 12.3 Å². The molecule has 0 radical (unpaired) electrons. The Balaban J connectivity index is 1.57. The van der Waals surface area contributed by atoms with Crippen molar-refractivity contribution in [2.75, 3.05) is 10.6 Å². The molecule has 1 atom stereocenters. The summed E-state index contributed by atoms with van der Waals surface area (Å²) in [5.41, 5.74) is 5.18. The number of aryl methyl sites for hydroxylation is 1. The molecule has 0 bridgehead atoms. The van der Waals surface area contributed by atoms with E-state index in [0.717, 1.165) is 34.1 Å². The van der Waals surface area contributed by atoms with E-state index in [0.29, 0.717) is 17.9 Å². The van der Waals surface area contributed by atoms with Gasteiger partial charge in [-0.1, -0.05) is 37.3 Å². The van der Waals surface area contributed by atoms with Gasteiger partial charge in [0.25, 0.3) is 5.91 Å². The van der Waals surface area contributed by atoms with Crippen LogP contribution in [0.5, 0.6) is 0 Å². The molecule has 6 nitrogen and oxygen atoms in total. The second-order valence-corrected chi connectivity index (χ2v) is 7.80. The number of nitrogens with one attached hydrogen (secondary N) is 2. The third-order valence-electron chi connectivity index (χ3n) is 5.50. The highest BCUT2D eigenvalue weighted by Gasteiger charge is 2.15. The maximum atomic E-state index is 12.6. The lowest BCUT2D eigenvalue weighted by Crippen LogP contribution is -2.13. The zero-order chi connectivity index (χ0) is 22.5. The maximum Gasteiger partial charge on any atom is 0.274 e. The fourth-order valence-corrected chi connectivity index (χ4v) is 3.82. The number of rotatable bonds is 7. The normalized spacial score (nSPS) is 11.7. The van der Waals surface area contributed by atoms with E-state index in [9.17, 15) is 9.59 Å². The van der Waals surface area contributed by atoms with E-state index in [-0.39, 0.29) is 11.8 Å². The van der Waals surface area contributed by atoms with Crippen LogP contribution in [0.15, 0.2) is 72.9 Å². The molecule has 6 heteroatoms. The SMILES string of the molecule is Cc1cc2nc(C(=O)Nc3ccccc3)ccc2cc1CC(C)c1cccnc1NC=O. The highest BCUT2D eigenvalue weighted by molar-refractivity contribution is 6.04. The number of anilines is 2. The van der Waals surface area contributed by atoms with Crippen molar-refractivity contribution in [3.8, 4) is 0 Å². The second kappa shape index (κ2) is 9.39. The van der Waals surface area contributed by atoms with E-state index in [2.05, 4.69) is 33.6 Å². The number of carbonyl (C=O) groups is 2. The van der Waals surface area contributed by atoms with Crippen LogP contribution in [0.1, 0.15) is 40.0 Å². The van der Waals surface area contributed by atoms with E-state index < -0.39 is 0 Å². The Bertz CT molecular complexity index is 1270. The van der Waals surface area contributed by atoms with Crippen molar-refractivity contribution in [2.24, 2.45) is 0 Å². The number of hydrogen-bond donors (Lipinski definition) is 2. The van der Waals surface area contributed by atoms with Gasteiger partial charge in [-0.2, -0.15) is 0 Å². The fourth-order valence-electron chi connectivity index (χ4n) is 3.82. The average molecular weight is 425 g/mol. The predicted molar refractivity (Wildman–Crippen MR) is 127 cm³/mol. The molecule has 0 saturated carbocycles. The van der Waals surface area contributed by atoms with Crippen molar-refractivity contribution in [1.29, 1.82) is 0 Å². The smallest absolute Gasteiger partial charge is 0.274 e. The van der Waals surface area contributed by atoms with Crippen LogP contribution >= 0.6 is 0 Å². The molecule has 4 rings (SSSR count). The summed E-state index contributed by atoms with van der Waals surface area (Å²) < 4.78 is 0. The first-order valence-electron chi connectivity index (χ1n) is 10.5. The van der Waals surface area contributed by atoms with Gasteiger partial charge in [-0.3, -0.25) is 9.59 Å². The molecule has 0 aliphatic rings. The molecule has 1 unspecified atom stereocenters. The minimum atomic E-state index is -0.236. The van der Waals surface area contributed by atoms with Crippen LogP contribution in [-0.4, -0.2) is 22.3 Å². The van der Waals surface area contributed by atoms with E-state index in [1.807, 2.05) is 61.5 Å². The van der Waals surface area contributed by atoms with Crippen LogP contribution in [-0.2, 0) is 11.2 Å². The second-order valence-electron chi connectivity index (χ2n) is 7.80. The largest absolute Gasteiger partial charge is 0.321 e. The van der Waals surface area contributed by atoms with E-state index in [4.69, 9.17) is 0 Å². The molecular weight excluding hydrogens is 400 g/mol. The molecule has 2 amide bonds. The third kappa shape index (κ3) is 4.64. The number of pyridine rings is 2. The molecule has 2 aromatic heterocycles. The monoisotopic (exact) mass is 424 g/mol. The van der Waals surface area contributed by atoms with Gasteiger partial charge in [0.05, 0.1) is 5.52 Å². The van der Waals surface area contributed by atoms with Crippen LogP contribution in [0.3, 0.4) is 0 Å². The lowest BCUT2D eigenvalue weighted by Gasteiger charge is -2.17. The molecule has 4 aromatic rings. The van der Waals surface area contributed by atoms with Crippen molar-refractivity contribution in [3.63, 3.8) is 0 Å². The minimum Gasteiger partial charge on any atom is -0.321 e. The van der Waals surface area contributed by atoms with Gasteiger partial charge in [0.15, 0.2) is 0 Å². The lowest BCUT2D eigenvalue weighted by molar-refractivity contribution is -0.105. The van der Waals surface area contributed by atoms with Crippen LogP contribution in [0.25, 0.3) is 10.9 Å². The van der Waals surface area contributed by atoms with Crippen molar-refractivity contribution in [2.45, 2.75) is 26.2 Å². The summed E-state index contributed by atoms with van der Waals surface area (Å²) in [6.07, 6.45) is 3.11. The van der Waals surface area contributed by atoms with Gasteiger partial charge in [-0.25, -0.2) is 9.97 Å². The van der Waals surface area contributed by atoms with Gasteiger partial charge < -0.3 is 10.6 Å². The molecule has 0 aliphatic carbocycles. The molecular formula is C26H24N4O2. The molecule has 0 saturated heterocycles. The summed E-state index contributed by atoms with van der Waals surface area (Å²) in [6.45, 7) is 4.17. The molecule has 0 aliphatic heterocycles. The summed E-state index contributed by atoms with van der Waals surface area (Å²) in [5.74, 6) is 0.510. The Morgan fingerprint density at radius 2 is 1.88 bits per heavy atom. The van der Waals surface area contributed by atoms with Gasteiger partial charge in [0.1, 0.15) is 11.5 Å². The first-order chi connectivity index (χ1) is 15.5. The van der Waals surface area contributed by atoms with Gasteiger partial charge in [-0.15, -0.1) is 0 Å². The van der Waals surface area contributed by atoms with Crippen molar-refractivity contribution in [1.82, 2.24) is 9.97 Å². The summed E-state index contributed by atoms with van der Waals surface area (Å²) in [7, 11) is 0. The van der Waals surface area contributed by atoms with Crippen LogP contribution in [0.2, 0.25) is 0 Å². The highest BCUT2D eigenvalue weighted by Crippen LogP contribution is 2.28. The number of carbonyl (C=O) groups excluding carboxylic acids is 2. The Hall–Kier alpha value is -4.06. The number of para-hydroxylation sites is 1. The maximum absolute atomic E-state index is 12.6. The predicted octanol–water partition coefficient (Wildman–Crippen LogP) is 5.11. The van der Waals surface area contributed by atoms with Gasteiger partial charge >= 0.3 is 0 Å². The number of hydrogen-bond acceptors (Lipinski definition) is 4. The lowest BCUT2D eigenvalue weighted by atomic mass is 9.91. The Morgan fingerprint density at radius 3 is 2.66 bits per heavy atom. The number of nitrogens with zero attached hydrogens (tertiary/aromatic N) is 2. The Kier molecular flexibility index (Phi) is 6.22. The molecule has 0 fully saturated rings. The van der Waals surface area contributed by atoms with Crippen LogP contribution in [0.4, 0.5) is 11.5 Å². The number of aromatic nitrogens is 2. The minimum absolute atomic E-state index is 0.159. The zero-order valence-corrected chi connectivity index (χ0v) is 18.0. The summed E-state index contributed by atoms with van der Waals surface area (Å²) in [5, 5.41) is 6.53. The summed E-state index contributed by atoms with van der Waals surface area (Å²) >= 11 is 0. The Morgan fingerprint density at radius 1 is 1.06 bits per heavy atom. The summed E-state index contributed by atoms with van der Waals surface area (Å²) in [4.78, 5) is 32.3. The first kappa shape index (κ1) is 21.2. The topological polar surface area (TPSA) is 84.0 Å². The standard InChI is InChI=1S/C26H24N4O2/c1-17-14-24-19(10-11-23(30-24)26(32)29-21-7-4-3-5-8-21)15-20(17)13-18(2)22-9-6-12-27-25(22)28-16-31/h3-12,14-16,18H,13H2,1-2H3,(H,29,32)(H,27,28,31). The van der Waals surface area contributed by atoms with Gasteiger partial charge in [0, 0.05) is 17.3 Å².